The predicted octanol–water partition coefficient (Wildman–Crippen LogP) is 0.888. The van der Waals surface area contributed by atoms with E-state index in [2.05, 4.69) is 4.72 Å². The van der Waals surface area contributed by atoms with Crippen molar-refractivity contribution in [1.29, 1.82) is 0 Å². The van der Waals surface area contributed by atoms with Crippen LogP contribution in [0.15, 0.2) is 24.3 Å². The number of aryl methyl sites for hydroxylation is 1. The summed E-state index contributed by atoms with van der Waals surface area (Å²) < 4.78 is 25.4. The van der Waals surface area contributed by atoms with Crippen molar-refractivity contribution in [2.45, 2.75) is 25.6 Å². The van der Waals surface area contributed by atoms with E-state index in [4.69, 9.17) is 5.11 Å². The van der Waals surface area contributed by atoms with Crippen LogP contribution in [-0.2, 0) is 20.6 Å². The lowest BCUT2D eigenvalue weighted by Crippen LogP contribution is -2.38. The van der Waals surface area contributed by atoms with Crippen molar-refractivity contribution in [2.75, 3.05) is 0 Å². The molecule has 0 radical (unpaired) electrons. The van der Waals surface area contributed by atoms with Crippen LogP contribution in [0.25, 0.3) is 0 Å². The largest absolute Gasteiger partial charge is 0.480 e. The number of benzene rings is 1. The summed E-state index contributed by atoms with van der Waals surface area (Å²) in [7, 11) is -3.63. The molecule has 0 aliphatic carbocycles. The summed E-state index contributed by atoms with van der Waals surface area (Å²) in [4.78, 5) is 10.6. The maximum Gasteiger partial charge on any atom is 0.321 e. The van der Waals surface area contributed by atoms with Crippen LogP contribution in [0.1, 0.15) is 18.1 Å². The van der Waals surface area contributed by atoms with E-state index in [1.807, 2.05) is 13.0 Å². The van der Waals surface area contributed by atoms with Gasteiger partial charge in [0.1, 0.15) is 6.04 Å². The minimum Gasteiger partial charge on any atom is -0.480 e. The van der Waals surface area contributed by atoms with Crippen LogP contribution in [0.4, 0.5) is 0 Å². The highest BCUT2D eigenvalue weighted by atomic mass is 32.2. The minimum atomic E-state index is -3.63. The van der Waals surface area contributed by atoms with E-state index in [1.165, 1.54) is 6.92 Å². The summed E-state index contributed by atoms with van der Waals surface area (Å²) in [5, 5.41) is 8.63. The molecular weight excluding hydrogens is 242 g/mol. The number of nitrogens with one attached hydrogen (secondary N) is 1. The van der Waals surface area contributed by atoms with Crippen molar-refractivity contribution in [2.24, 2.45) is 0 Å². The molecule has 6 heteroatoms. The molecule has 0 fully saturated rings. The van der Waals surface area contributed by atoms with E-state index >= 15 is 0 Å². The van der Waals surface area contributed by atoms with Crippen molar-refractivity contribution in [3.8, 4) is 0 Å². The molecule has 0 spiro atoms. The zero-order valence-electron chi connectivity index (χ0n) is 9.67. The van der Waals surface area contributed by atoms with E-state index in [9.17, 15) is 13.2 Å². The van der Waals surface area contributed by atoms with Gasteiger partial charge in [0, 0.05) is 0 Å². The normalized spacial score (nSPS) is 13.3. The van der Waals surface area contributed by atoms with Crippen molar-refractivity contribution in [3.63, 3.8) is 0 Å². The highest BCUT2D eigenvalue weighted by Crippen LogP contribution is 2.08. The van der Waals surface area contributed by atoms with Crippen LogP contribution in [-0.4, -0.2) is 25.5 Å². The zero-order valence-corrected chi connectivity index (χ0v) is 10.5. The fourth-order valence-corrected chi connectivity index (χ4v) is 2.72. The highest BCUT2D eigenvalue weighted by molar-refractivity contribution is 7.88. The van der Waals surface area contributed by atoms with E-state index in [0.29, 0.717) is 5.56 Å². The molecule has 0 heterocycles. The Morgan fingerprint density at radius 1 is 1.47 bits per heavy atom. The van der Waals surface area contributed by atoms with Gasteiger partial charge in [-0.25, -0.2) is 13.1 Å². The molecule has 17 heavy (non-hydrogen) atoms. The molecule has 94 valence electrons. The maximum atomic E-state index is 11.7. The van der Waals surface area contributed by atoms with Crippen LogP contribution in [0, 0.1) is 6.92 Å². The minimum absolute atomic E-state index is 0.216. The van der Waals surface area contributed by atoms with Gasteiger partial charge in [0.05, 0.1) is 5.75 Å². The molecule has 0 unspecified atom stereocenters. The Morgan fingerprint density at radius 2 is 2.12 bits per heavy atom. The van der Waals surface area contributed by atoms with Gasteiger partial charge in [-0.1, -0.05) is 29.8 Å². The van der Waals surface area contributed by atoms with Gasteiger partial charge in [-0.15, -0.1) is 0 Å². The first-order chi connectivity index (χ1) is 7.80. The zero-order chi connectivity index (χ0) is 13.1. The number of carboxylic acids is 1. The highest BCUT2D eigenvalue weighted by Gasteiger charge is 2.19. The second kappa shape index (κ2) is 5.29. The first kappa shape index (κ1) is 13.7. The van der Waals surface area contributed by atoms with Gasteiger partial charge in [-0.3, -0.25) is 4.79 Å². The third kappa shape index (κ3) is 4.54. The predicted molar refractivity (Wildman–Crippen MR) is 64.0 cm³/mol. The molecule has 1 aromatic carbocycles. The molecule has 0 aromatic heterocycles. The van der Waals surface area contributed by atoms with Gasteiger partial charge < -0.3 is 5.11 Å². The number of hydrogen-bond donors (Lipinski definition) is 2. The second-order valence-corrected chi connectivity index (χ2v) is 5.68. The molecule has 0 aliphatic rings. The average Bonchev–Trinajstić information content (AvgIpc) is 2.15. The smallest absolute Gasteiger partial charge is 0.321 e. The molecule has 0 saturated carbocycles. The van der Waals surface area contributed by atoms with Gasteiger partial charge in [0.15, 0.2) is 0 Å². The molecule has 5 nitrogen and oxygen atoms in total. The molecule has 0 aliphatic heterocycles. The number of carboxylic acid groups (broad SMARTS) is 1. The summed E-state index contributed by atoms with van der Waals surface area (Å²) in [6.45, 7) is 3.15. The van der Waals surface area contributed by atoms with Crippen LogP contribution in [0.2, 0.25) is 0 Å². The molecule has 1 aromatic rings. The Labute approximate surface area is 101 Å². The summed E-state index contributed by atoms with van der Waals surface area (Å²) in [6, 6.07) is 5.96. The van der Waals surface area contributed by atoms with E-state index < -0.39 is 22.0 Å². The third-order valence-electron chi connectivity index (χ3n) is 2.17. The molecule has 0 bridgehead atoms. The summed E-state index contributed by atoms with van der Waals surface area (Å²) >= 11 is 0. The van der Waals surface area contributed by atoms with Crippen LogP contribution in [0.5, 0.6) is 0 Å². The molecule has 1 rings (SSSR count). The number of rotatable bonds is 5. The SMILES string of the molecule is Cc1cccc(CS(=O)(=O)N[C@H](C)C(=O)O)c1. The Balaban J connectivity index is 2.77. The number of carbonyl (C=O) groups is 1. The summed E-state index contributed by atoms with van der Waals surface area (Å²) in [5.41, 5.74) is 1.60. The lowest BCUT2D eigenvalue weighted by Gasteiger charge is -2.10. The number of hydrogen-bond acceptors (Lipinski definition) is 3. The summed E-state index contributed by atoms with van der Waals surface area (Å²) in [5.74, 6) is -1.41. The lowest BCUT2D eigenvalue weighted by molar-refractivity contribution is -0.138. The fourth-order valence-electron chi connectivity index (χ4n) is 1.38. The first-order valence-electron chi connectivity index (χ1n) is 5.08. The summed E-state index contributed by atoms with van der Waals surface area (Å²) in [6.07, 6.45) is 0. The van der Waals surface area contributed by atoms with Gasteiger partial charge >= 0.3 is 5.97 Å². The average molecular weight is 257 g/mol. The van der Waals surface area contributed by atoms with Crippen molar-refractivity contribution in [3.05, 3.63) is 35.4 Å². The third-order valence-corrected chi connectivity index (χ3v) is 3.59. The van der Waals surface area contributed by atoms with E-state index in [0.717, 1.165) is 5.56 Å². The number of aliphatic carboxylic acids is 1. The van der Waals surface area contributed by atoms with Gasteiger partial charge in [-0.05, 0) is 19.4 Å². The number of sulfonamides is 1. The standard InChI is InChI=1S/C11H15NO4S/c1-8-4-3-5-10(6-8)7-17(15,16)12-9(2)11(13)14/h3-6,9,12H,7H2,1-2H3,(H,13,14)/t9-/m1/s1. The van der Waals surface area contributed by atoms with Gasteiger partial charge in [-0.2, -0.15) is 0 Å². The lowest BCUT2D eigenvalue weighted by atomic mass is 10.2. The Hall–Kier alpha value is -1.40. The van der Waals surface area contributed by atoms with Crippen molar-refractivity contribution >= 4 is 16.0 Å². The molecule has 0 saturated heterocycles. The van der Waals surface area contributed by atoms with Crippen LogP contribution >= 0.6 is 0 Å². The molecule has 2 N–H and O–H groups in total. The Morgan fingerprint density at radius 3 is 2.65 bits per heavy atom. The molecule has 0 amide bonds. The molecule has 1 atom stereocenters. The molecular formula is C11H15NO4S. The van der Waals surface area contributed by atoms with Gasteiger partial charge in [0.25, 0.3) is 0 Å². The van der Waals surface area contributed by atoms with Crippen molar-refractivity contribution < 1.29 is 18.3 Å². The first-order valence-corrected chi connectivity index (χ1v) is 6.74. The van der Waals surface area contributed by atoms with Gasteiger partial charge in [0.2, 0.25) is 10.0 Å². The fraction of sp³-hybridized carbons (Fsp3) is 0.364. The second-order valence-electron chi connectivity index (χ2n) is 3.93. The quantitative estimate of drug-likeness (QED) is 0.820. The van der Waals surface area contributed by atoms with Crippen molar-refractivity contribution in [1.82, 2.24) is 4.72 Å². The topological polar surface area (TPSA) is 83.5 Å². The Kier molecular flexibility index (Phi) is 4.25. The van der Waals surface area contributed by atoms with E-state index in [1.54, 1.807) is 18.2 Å². The maximum absolute atomic E-state index is 11.7. The van der Waals surface area contributed by atoms with E-state index in [-0.39, 0.29) is 5.75 Å². The van der Waals surface area contributed by atoms with Crippen LogP contribution < -0.4 is 4.72 Å². The Bertz CT molecular complexity index is 510. The van der Waals surface area contributed by atoms with Crippen LogP contribution in [0.3, 0.4) is 0 Å². The monoisotopic (exact) mass is 257 g/mol.